The number of piperidine rings is 1. The first-order valence-corrected chi connectivity index (χ1v) is 11.6. The van der Waals surface area contributed by atoms with Crippen molar-refractivity contribution in [1.29, 1.82) is 0 Å². The van der Waals surface area contributed by atoms with E-state index < -0.39 is 0 Å². The van der Waals surface area contributed by atoms with Gasteiger partial charge >= 0.3 is 5.97 Å². The Balaban J connectivity index is 1.46. The lowest BCUT2D eigenvalue weighted by molar-refractivity contribution is -0.151. The summed E-state index contributed by atoms with van der Waals surface area (Å²) in [6, 6.07) is 12.2. The molecule has 1 fully saturated rings. The molecule has 0 unspecified atom stereocenters. The van der Waals surface area contributed by atoms with Crippen molar-refractivity contribution in [3.05, 3.63) is 53.5 Å². The molecule has 1 atom stereocenters. The summed E-state index contributed by atoms with van der Waals surface area (Å²) in [6.45, 7) is 5.59. The average Bonchev–Trinajstić information content (AvgIpc) is 3.44. The average molecular weight is 438 g/mol. The fraction of sp³-hybridized carbons (Fsp3) is 0.375. The van der Waals surface area contributed by atoms with Crippen LogP contribution in [0.4, 0.5) is 0 Å². The second-order valence-electron chi connectivity index (χ2n) is 7.86. The highest BCUT2D eigenvalue weighted by Crippen LogP contribution is 2.29. The van der Waals surface area contributed by atoms with E-state index in [4.69, 9.17) is 9.72 Å². The molecular weight excluding hydrogens is 410 g/mol. The van der Waals surface area contributed by atoms with Gasteiger partial charge in [-0.2, -0.15) is 0 Å². The van der Waals surface area contributed by atoms with Crippen LogP contribution in [0.2, 0.25) is 0 Å². The zero-order chi connectivity index (χ0) is 21.8. The zero-order valence-electron chi connectivity index (χ0n) is 17.9. The molecule has 0 aliphatic carbocycles. The van der Waals surface area contributed by atoms with Gasteiger partial charge in [0.25, 0.3) is 0 Å². The van der Waals surface area contributed by atoms with E-state index in [9.17, 15) is 9.59 Å². The molecule has 7 heteroatoms. The van der Waals surface area contributed by atoms with Gasteiger partial charge in [0, 0.05) is 30.2 Å². The number of likely N-dealkylation sites (tertiary alicyclic amines) is 1. The van der Waals surface area contributed by atoms with Crippen molar-refractivity contribution in [3.8, 4) is 22.0 Å². The molecule has 0 radical (unpaired) electrons. The summed E-state index contributed by atoms with van der Waals surface area (Å²) in [4.78, 5) is 31.6. The highest BCUT2D eigenvalue weighted by molar-refractivity contribution is 7.13. The lowest BCUT2D eigenvalue weighted by Gasteiger charge is -2.31. The van der Waals surface area contributed by atoms with Crippen LogP contribution in [0.1, 0.15) is 25.3 Å². The molecule has 3 heterocycles. The monoisotopic (exact) mass is 437 g/mol. The van der Waals surface area contributed by atoms with E-state index in [1.165, 1.54) is 5.56 Å². The van der Waals surface area contributed by atoms with Gasteiger partial charge in [-0.3, -0.25) is 9.59 Å². The molecule has 3 aromatic rings. The quantitative estimate of drug-likeness (QED) is 0.537. The molecule has 6 nitrogen and oxygen atoms in total. The summed E-state index contributed by atoms with van der Waals surface area (Å²) >= 11 is 1.57. The SMILES string of the molecule is CCOC(=O)[C@@H]1CCCN(C(=O)Cn2cccc2-c2nc(-c3ccc(C)cc3)cs2)C1. The van der Waals surface area contributed by atoms with Crippen molar-refractivity contribution in [2.45, 2.75) is 33.2 Å². The lowest BCUT2D eigenvalue weighted by atomic mass is 9.98. The minimum atomic E-state index is -0.224. The first-order chi connectivity index (χ1) is 15.0. The van der Waals surface area contributed by atoms with Crippen molar-refractivity contribution >= 4 is 23.2 Å². The van der Waals surface area contributed by atoms with Crippen LogP contribution in [0.3, 0.4) is 0 Å². The number of carbonyl (C=O) groups excluding carboxylic acids is 2. The fourth-order valence-electron chi connectivity index (χ4n) is 3.90. The number of ether oxygens (including phenoxy) is 1. The van der Waals surface area contributed by atoms with Crippen LogP contribution in [0.25, 0.3) is 22.0 Å². The number of aromatic nitrogens is 2. The molecule has 0 saturated carbocycles. The number of rotatable bonds is 6. The Morgan fingerprint density at radius 2 is 2.03 bits per heavy atom. The lowest BCUT2D eigenvalue weighted by Crippen LogP contribution is -2.44. The van der Waals surface area contributed by atoms with Crippen LogP contribution in [0.5, 0.6) is 0 Å². The van der Waals surface area contributed by atoms with Crippen molar-refractivity contribution in [2.24, 2.45) is 5.92 Å². The second kappa shape index (κ2) is 9.47. The van der Waals surface area contributed by atoms with Crippen LogP contribution in [-0.4, -0.2) is 46.0 Å². The number of thiazole rings is 1. The molecule has 1 aliphatic heterocycles. The predicted molar refractivity (Wildman–Crippen MR) is 122 cm³/mol. The Morgan fingerprint density at radius 1 is 1.23 bits per heavy atom. The smallest absolute Gasteiger partial charge is 0.310 e. The first-order valence-electron chi connectivity index (χ1n) is 10.7. The second-order valence-corrected chi connectivity index (χ2v) is 8.71. The van der Waals surface area contributed by atoms with Crippen molar-refractivity contribution in [2.75, 3.05) is 19.7 Å². The third-order valence-corrected chi connectivity index (χ3v) is 6.46. The standard InChI is InChI=1S/C24H27N3O3S/c1-3-30-24(29)19-6-4-13-27(14-19)22(28)15-26-12-5-7-21(26)23-25-20(16-31-23)18-10-8-17(2)9-11-18/h5,7-12,16,19H,3-4,6,13-15H2,1-2H3/t19-/m1/s1. The van der Waals surface area contributed by atoms with Crippen molar-refractivity contribution in [3.63, 3.8) is 0 Å². The minimum Gasteiger partial charge on any atom is -0.466 e. The molecule has 2 aromatic heterocycles. The zero-order valence-corrected chi connectivity index (χ0v) is 18.7. The van der Waals surface area contributed by atoms with Crippen LogP contribution in [-0.2, 0) is 20.9 Å². The molecule has 31 heavy (non-hydrogen) atoms. The number of esters is 1. The van der Waals surface area contributed by atoms with Gasteiger partial charge in [-0.1, -0.05) is 29.8 Å². The maximum absolute atomic E-state index is 13.0. The van der Waals surface area contributed by atoms with E-state index in [0.29, 0.717) is 19.7 Å². The number of amides is 1. The van der Waals surface area contributed by atoms with Gasteiger partial charge in [0.05, 0.1) is 23.9 Å². The Hall–Kier alpha value is -2.93. The van der Waals surface area contributed by atoms with Gasteiger partial charge in [-0.05, 0) is 38.8 Å². The maximum Gasteiger partial charge on any atom is 0.310 e. The van der Waals surface area contributed by atoms with Crippen LogP contribution in [0.15, 0.2) is 48.0 Å². The fourth-order valence-corrected chi connectivity index (χ4v) is 4.77. The van der Waals surface area contributed by atoms with E-state index in [-0.39, 0.29) is 24.3 Å². The number of nitrogens with zero attached hydrogens (tertiary/aromatic N) is 3. The summed E-state index contributed by atoms with van der Waals surface area (Å²) in [5.74, 6) is -0.410. The molecular formula is C24H27N3O3S. The Bertz CT molecular complexity index is 1050. The normalized spacial score (nSPS) is 16.3. The largest absolute Gasteiger partial charge is 0.466 e. The number of benzene rings is 1. The molecule has 162 valence electrons. The van der Waals surface area contributed by atoms with Gasteiger partial charge in [-0.15, -0.1) is 11.3 Å². The number of hydrogen-bond donors (Lipinski definition) is 0. The Kier molecular flexibility index (Phi) is 6.51. The Morgan fingerprint density at radius 3 is 2.81 bits per heavy atom. The molecule has 1 saturated heterocycles. The van der Waals surface area contributed by atoms with E-state index in [1.807, 2.05) is 28.3 Å². The summed E-state index contributed by atoms with van der Waals surface area (Å²) in [5, 5.41) is 2.93. The van der Waals surface area contributed by atoms with Crippen LogP contribution >= 0.6 is 11.3 Å². The van der Waals surface area contributed by atoms with Gasteiger partial charge < -0.3 is 14.2 Å². The summed E-state index contributed by atoms with van der Waals surface area (Å²) in [7, 11) is 0. The summed E-state index contributed by atoms with van der Waals surface area (Å²) in [6.07, 6.45) is 3.51. The minimum absolute atomic E-state index is 0.0155. The predicted octanol–water partition coefficient (Wildman–Crippen LogP) is 4.39. The van der Waals surface area contributed by atoms with Gasteiger partial charge in [-0.25, -0.2) is 4.98 Å². The van der Waals surface area contributed by atoms with Crippen molar-refractivity contribution in [1.82, 2.24) is 14.5 Å². The molecule has 1 aliphatic rings. The molecule has 1 aromatic carbocycles. The molecule has 0 N–H and O–H groups in total. The summed E-state index contributed by atoms with van der Waals surface area (Å²) < 4.78 is 7.09. The van der Waals surface area contributed by atoms with Gasteiger partial charge in [0.2, 0.25) is 5.91 Å². The van der Waals surface area contributed by atoms with E-state index in [1.54, 1.807) is 23.2 Å². The molecule has 0 spiro atoms. The number of hydrogen-bond acceptors (Lipinski definition) is 5. The topological polar surface area (TPSA) is 64.4 Å². The first kappa shape index (κ1) is 21.3. The van der Waals surface area contributed by atoms with Crippen LogP contribution in [0, 0.1) is 12.8 Å². The summed E-state index contributed by atoms with van der Waals surface area (Å²) in [5.41, 5.74) is 4.16. The number of aryl methyl sites for hydroxylation is 1. The van der Waals surface area contributed by atoms with Gasteiger partial charge in [0.15, 0.2) is 0 Å². The Labute approximate surface area is 186 Å². The van der Waals surface area contributed by atoms with Gasteiger partial charge in [0.1, 0.15) is 11.6 Å². The maximum atomic E-state index is 13.0. The molecule has 4 rings (SSSR count). The van der Waals surface area contributed by atoms with E-state index in [2.05, 4.69) is 31.2 Å². The van der Waals surface area contributed by atoms with E-state index >= 15 is 0 Å². The number of carbonyl (C=O) groups is 2. The molecule has 0 bridgehead atoms. The van der Waals surface area contributed by atoms with Crippen LogP contribution < -0.4 is 0 Å². The highest BCUT2D eigenvalue weighted by atomic mass is 32.1. The third kappa shape index (κ3) is 4.88. The van der Waals surface area contributed by atoms with Crippen molar-refractivity contribution < 1.29 is 14.3 Å². The highest BCUT2D eigenvalue weighted by Gasteiger charge is 2.29. The molecule has 1 amide bonds. The van der Waals surface area contributed by atoms with E-state index in [0.717, 1.165) is 34.8 Å². The third-order valence-electron chi connectivity index (χ3n) is 5.60.